The first-order chi connectivity index (χ1) is 13.1. The largest absolute Gasteiger partial charge is 0.497 e. The Bertz CT molecular complexity index is 994. The van der Waals surface area contributed by atoms with Gasteiger partial charge < -0.3 is 19.4 Å². The van der Waals surface area contributed by atoms with Crippen LogP contribution in [0.3, 0.4) is 0 Å². The van der Waals surface area contributed by atoms with E-state index in [2.05, 4.69) is 5.32 Å². The van der Waals surface area contributed by atoms with Crippen molar-refractivity contribution in [3.05, 3.63) is 88.3 Å². The average Bonchev–Trinajstić information content (AvgIpc) is 2.70. The number of hydrogen-bond donors (Lipinski definition) is 1. The van der Waals surface area contributed by atoms with Gasteiger partial charge in [0.1, 0.15) is 11.5 Å². The number of nitrogens with zero attached hydrogens (tertiary/aromatic N) is 1. The molecule has 0 aliphatic rings. The molecule has 3 aromatic rings. The van der Waals surface area contributed by atoms with Crippen molar-refractivity contribution in [3.63, 3.8) is 0 Å². The predicted molar refractivity (Wildman–Crippen MR) is 104 cm³/mol. The Kier molecular flexibility index (Phi) is 5.56. The van der Waals surface area contributed by atoms with Gasteiger partial charge in [0.05, 0.1) is 32.0 Å². The predicted octanol–water partition coefficient (Wildman–Crippen LogP) is 3.17. The van der Waals surface area contributed by atoms with Crippen molar-refractivity contribution in [3.8, 4) is 11.5 Å². The summed E-state index contributed by atoms with van der Waals surface area (Å²) < 4.78 is 11.9. The quantitative estimate of drug-likeness (QED) is 0.729. The molecule has 0 atom stereocenters. The number of para-hydroxylation sites is 2. The molecule has 1 aromatic heterocycles. The van der Waals surface area contributed by atoms with Crippen LogP contribution in [0.2, 0.25) is 0 Å². The van der Waals surface area contributed by atoms with Crippen molar-refractivity contribution in [2.45, 2.75) is 6.54 Å². The van der Waals surface area contributed by atoms with Crippen LogP contribution in [-0.2, 0) is 6.54 Å². The summed E-state index contributed by atoms with van der Waals surface area (Å²) in [5.41, 5.74) is 1.70. The Morgan fingerprint density at radius 1 is 0.963 bits per heavy atom. The SMILES string of the molecule is COc1ccc(Cn2cc(C(=O)Nc3ccccc3OC)ccc2=O)cc1. The third-order valence-corrected chi connectivity index (χ3v) is 4.11. The maximum Gasteiger partial charge on any atom is 0.257 e. The zero-order valence-corrected chi connectivity index (χ0v) is 15.1. The van der Waals surface area contributed by atoms with Gasteiger partial charge in [0.15, 0.2) is 0 Å². The molecule has 0 bridgehead atoms. The van der Waals surface area contributed by atoms with Crippen molar-refractivity contribution in [2.75, 3.05) is 19.5 Å². The first-order valence-corrected chi connectivity index (χ1v) is 8.38. The fourth-order valence-corrected chi connectivity index (χ4v) is 2.66. The third kappa shape index (κ3) is 4.36. The average molecular weight is 364 g/mol. The molecule has 0 aliphatic heterocycles. The molecule has 3 rings (SSSR count). The first kappa shape index (κ1) is 18.3. The Hall–Kier alpha value is -3.54. The molecule has 2 aromatic carbocycles. The van der Waals surface area contributed by atoms with E-state index >= 15 is 0 Å². The van der Waals surface area contributed by atoms with Gasteiger partial charge in [0.25, 0.3) is 11.5 Å². The summed E-state index contributed by atoms with van der Waals surface area (Å²) in [5, 5.41) is 2.81. The summed E-state index contributed by atoms with van der Waals surface area (Å²) in [5.74, 6) is 0.997. The monoisotopic (exact) mass is 364 g/mol. The lowest BCUT2D eigenvalue weighted by Crippen LogP contribution is -2.22. The van der Waals surface area contributed by atoms with E-state index in [1.54, 1.807) is 32.5 Å². The Morgan fingerprint density at radius 3 is 2.41 bits per heavy atom. The smallest absolute Gasteiger partial charge is 0.257 e. The topological polar surface area (TPSA) is 69.6 Å². The summed E-state index contributed by atoms with van der Waals surface area (Å²) in [7, 11) is 3.14. The number of carbonyl (C=O) groups excluding carboxylic acids is 1. The van der Waals surface area contributed by atoms with Crippen LogP contribution < -0.4 is 20.3 Å². The number of hydrogen-bond acceptors (Lipinski definition) is 4. The molecule has 0 saturated carbocycles. The van der Waals surface area contributed by atoms with E-state index in [0.29, 0.717) is 23.5 Å². The van der Waals surface area contributed by atoms with E-state index in [1.807, 2.05) is 36.4 Å². The maximum absolute atomic E-state index is 12.6. The second-order valence-electron chi connectivity index (χ2n) is 5.89. The summed E-state index contributed by atoms with van der Waals surface area (Å²) in [6.45, 7) is 0.360. The van der Waals surface area contributed by atoms with Crippen molar-refractivity contribution in [1.29, 1.82) is 0 Å². The fourth-order valence-electron chi connectivity index (χ4n) is 2.66. The number of methoxy groups -OCH3 is 2. The molecule has 27 heavy (non-hydrogen) atoms. The Balaban J connectivity index is 1.81. The third-order valence-electron chi connectivity index (χ3n) is 4.11. The van der Waals surface area contributed by atoms with Crippen LogP contribution in [0.4, 0.5) is 5.69 Å². The van der Waals surface area contributed by atoms with E-state index < -0.39 is 0 Å². The summed E-state index contributed by atoms with van der Waals surface area (Å²) in [6.07, 6.45) is 1.55. The highest BCUT2D eigenvalue weighted by Crippen LogP contribution is 2.23. The number of benzene rings is 2. The molecule has 0 saturated heterocycles. The normalized spacial score (nSPS) is 10.3. The summed E-state index contributed by atoms with van der Waals surface area (Å²) >= 11 is 0. The number of pyridine rings is 1. The van der Waals surface area contributed by atoms with Crippen molar-refractivity contribution in [2.24, 2.45) is 0 Å². The van der Waals surface area contributed by atoms with Gasteiger partial charge in [-0.25, -0.2) is 0 Å². The molecular weight excluding hydrogens is 344 g/mol. The van der Waals surface area contributed by atoms with Crippen molar-refractivity contribution < 1.29 is 14.3 Å². The van der Waals surface area contributed by atoms with E-state index in [0.717, 1.165) is 11.3 Å². The summed E-state index contributed by atoms with van der Waals surface area (Å²) in [4.78, 5) is 24.7. The van der Waals surface area contributed by atoms with Crippen LogP contribution in [0.25, 0.3) is 0 Å². The minimum Gasteiger partial charge on any atom is -0.497 e. The molecular formula is C21H20N2O4. The zero-order valence-electron chi connectivity index (χ0n) is 15.1. The molecule has 138 valence electrons. The van der Waals surface area contributed by atoms with E-state index in [1.165, 1.54) is 16.7 Å². The van der Waals surface area contributed by atoms with Gasteiger partial charge in [-0.05, 0) is 35.9 Å². The number of amides is 1. The van der Waals surface area contributed by atoms with E-state index in [9.17, 15) is 9.59 Å². The fraction of sp³-hybridized carbons (Fsp3) is 0.143. The number of ether oxygens (including phenoxy) is 2. The van der Waals surface area contributed by atoms with Gasteiger partial charge in [-0.1, -0.05) is 24.3 Å². The second kappa shape index (κ2) is 8.23. The second-order valence-corrected chi connectivity index (χ2v) is 5.89. The van der Waals surface area contributed by atoms with Crippen LogP contribution in [0.15, 0.2) is 71.7 Å². The van der Waals surface area contributed by atoms with Gasteiger partial charge >= 0.3 is 0 Å². The molecule has 0 unspecified atom stereocenters. The molecule has 0 aliphatic carbocycles. The highest BCUT2D eigenvalue weighted by molar-refractivity contribution is 6.04. The van der Waals surface area contributed by atoms with Crippen LogP contribution in [0.5, 0.6) is 11.5 Å². The first-order valence-electron chi connectivity index (χ1n) is 8.38. The highest BCUT2D eigenvalue weighted by Gasteiger charge is 2.11. The van der Waals surface area contributed by atoms with E-state index in [4.69, 9.17) is 9.47 Å². The van der Waals surface area contributed by atoms with Gasteiger partial charge in [-0.2, -0.15) is 0 Å². The molecule has 0 radical (unpaired) electrons. The molecule has 0 spiro atoms. The van der Waals surface area contributed by atoms with Gasteiger partial charge in [0, 0.05) is 12.3 Å². The summed E-state index contributed by atoms with van der Waals surface area (Å²) in [6, 6.07) is 17.5. The molecule has 1 amide bonds. The lowest BCUT2D eigenvalue weighted by molar-refractivity contribution is 0.102. The number of anilines is 1. The van der Waals surface area contributed by atoms with E-state index in [-0.39, 0.29) is 11.5 Å². The molecule has 1 heterocycles. The Labute approximate surface area is 157 Å². The molecule has 0 fully saturated rings. The van der Waals surface area contributed by atoms with Crippen LogP contribution in [0.1, 0.15) is 15.9 Å². The lowest BCUT2D eigenvalue weighted by atomic mass is 10.2. The molecule has 1 N–H and O–H groups in total. The number of aromatic nitrogens is 1. The molecule has 6 nitrogen and oxygen atoms in total. The van der Waals surface area contributed by atoms with Gasteiger partial charge in [-0.3, -0.25) is 9.59 Å². The Morgan fingerprint density at radius 2 is 1.70 bits per heavy atom. The van der Waals surface area contributed by atoms with Crippen molar-refractivity contribution in [1.82, 2.24) is 4.57 Å². The number of carbonyl (C=O) groups is 1. The van der Waals surface area contributed by atoms with Crippen molar-refractivity contribution >= 4 is 11.6 Å². The standard InChI is InChI=1S/C21H20N2O4/c1-26-17-10-7-15(8-11-17)13-23-14-16(9-12-20(23)24)21(25)22-18-5-3-4-6-19(18)27-2/h3-12,14H,13H2,1-2H3,(H,22,25). The minimum absolute atomic E-state index is 0.181. The van der Waals surface area contributed by atoms with Crippen LogP contribution in [0, 0.1) is 0 Å². The lowest BCUT2D eigenvalue weighted by Gasteiger charge is -2.11. The maximum atomic E-state index is 12.6. The van der Waals surface area contributed by atoms with Crippen LogP contribution >= 0.6 is 0 Å². The van der Waals surface area contributed by atoms with Gasteiger partial charge in [0.2, 0.25) is 0 Å². The highest BCUT2D eigenvalue weighted by atomic mass is 16.5. The van der Waals surface area contributed by atoms with Gasteiger partial charge in [-0.15, -0.1) is 0 Å². The molecule has 6 heteroatoms. The zero-order chi connectivity index (χ0) is 19.2. The van der Waals surface area contributed by atoms with Crippen LogP contribution in [-0.4, -0.2) is 24.7 Å². The number of nitrogens with one attached hydrogen (secondary N) is 1. The number of rotatable bonds is 6. The minimum atomic E-state index is -0.317.